The maximum atomic E-state index is 9.31. The van der Waals surface area contributed by atoms with E-state index in [4.69, 9.17) is 4.74 Å². The highest BCUT2D eigenvalue weighted by Crippen LogP contribution is 2.26. The molecule has 2 aromatic heterocycles. The van der Waals surface area contributed by atoms with Gasteiger partial charge in [-0.25, -0.2) is 0 Å². The summed E-state index contributed by atoms with van der Waals surface area (Å²) in [5.41, 5.74) is 1.11. The average Bonchev–Trinajstić information content (AvgIpc) is 3.17. The summed E-state index contributed by atoms with van der Waals surface area (Å²) in [4.78, 5) is 0.825. The molecule has 1 fully saturated rings. The molecule has 0 bridgehead atoms. The second-order valence-corrected chi connectivity index (χ2v) is 6.19. The van der Waals surface area contributed by atoms with Crippen molar-refractivity contribution in [3.63, 3.8) is 0 Å². The minimum Gasteiger partial charge on any atom is -0.508 e. The third kappa shape index (κ3) is 2.38. The maximum absolute atomic E-state index is 9.31. The van der Waals surface area contributed by atoms with Gasteiger partial charge in [0.15, 0.2) is 5.82 Å². The fourth-order valence-electron chi connectivity index (χ4n) is 2.52. The van der Waals surface area contributed by atoms with Crippen LogP contribution in [0.4, 0.5) is 0 Å². The minimum absolute atomic E-state index is 0.278. The number of rotatable bonds is 3. The molecule has 1 aliphatic heterocycles. The Bertz CT molecular complexity index is 759. The zero-order chi connectivity index (χ0) is 14.2. The third-order valence-corrected chi connectivity index (χ3v) is 4.54. The van der Waals surface area contributed by atoms with Gasteiger partial charge in [-0.1, -0.05) is 23.5 Å². The van der Waals surface area contributed by atoms with Crippen molar-refractivity contribution in [1.29, 1.82) is 0 Å². The lowest BCUT2D eigenvalue weighted by Crippen LogP contribution is -2.05. The van der Waals surface area contributed by atoms with Crippen LogP contribution in [-0.4, -0.2) is 38.1 Å². The number of ether oxygens (including phenoxy) is 1. The standard InChI is InChI=1S/C14H14N4O2S/c19-11-3-1-9(2-4-11)7-12-17-18-13(10-5-6-20-8-10)15-16-14(18)21-12/h1-4,10,19H,5-8H2. The van der Waals surface area contributed by atoms with Crippen molar-refractivity contribution in [3.8, 4) is 5.75 Å². The molecule has 4 rings (SSSR count). The Morgan fingerprint density at radius 3 is 2.90 bits per heavy atom. The summed E-state index contributed by atoms with van der Waals surface area (Å²) < 4.78 is 7.26. The first-order chi connectivity index (χ1) is 10.3. The average molecular weight is 302 g/mol. The van der Waals surface area contributed by atoms with Gasteiger partial charge in [-0.2, -0.15) is 9.61 Å². The quantitative estimate of drug-likeness (QED) is 0.801. The van der Waals surface area contributed by atoms with Crippen molar-refractivity contribution in [2.45, 2.75) is 18.8 Å². The Hall–Kier alpha value is -1.99. The van der Waals surface area contributed by atoms with Crippen LogP contribution in [0.1, 0.15) is 28.7 Å². The van der Waals surface area contributed by atoms with Crippen molar-refractivity contribution in [1.82, 2.24) is 19.8 Å². The normalized spacial score (nSPS) is 18.6. The fourth-order valence-corrected chi connectivity index (χ4v) is 3.40. The van der Waals surface area contributed by atoms with Crippen LogP contribution < -0.4 is 0 Å². The minimum atomic E-state index is 0.278. The van der Waals surface area contributed by atoms with Gasteiger partial charge >= 0.3 is 0 Å². The van der Waals surface area contributed by atoms with Gasteiger partial charge in [0.1, 0.15) is 10.8 Å². The predicted molar refractivity (Wildman–Crippen MR) is 77.7 cm³/mol. The van der Waals surface area contributed by atoms with Crippen molar-refractivity contribution in [2.75, 3.05) is 13.2 Å². The highest BCUT2D eigenvalue weighted by molar-refractivity contribution is 7.16. The second-order valence-electron chi connectivity index (χ2n) is 5.15. The zero-order valence-electron chi connectivity index (χ0n) is 11.3. The van der Waals surface area contributed by atoms with Gasteiger partial charge in [0.2, 0.25) is 4.96 Å². The van der Waals surface area contributed by atoms with Crippen molar-refractivity contribution < 1.29 is 9.84 Å². The molecule has 1 aliphatic rings. The Morgan fingerprint density at radius 1 is 1.29 bits per heavy atom. The molecule has 6 nitrogen and oxygen atoms in total. The van der Waals surface area contributed by atoms with E-state index < -0.39 is 0 Å². The lowest BCUT2D eigenvalue weighted by molar-refractivity contribution is 0.193. The fraction of sp³-hybridized carbons (Fsp3) is 0.357. The zero-order valence-corrected chi connectivity index (χ0v) is 12.1. The molecule has 0 aliphatic carbocycles. The first-order valence-electron chi connectivity index (χ1n) is 6.86. The smallest absolute Gasteiger partial charge is 0.234 e. The lowest BCUT2D eigenvalue weighted by atomic mass is 10.1. The Labute approximate surface area is 125 Å². The van der Waals surface area contributed by atoms with E-state index in [9.17, 15) is 5.11 Å². The van der Waals surface area contributed by atoms with Crippen LogP contribution in [0, 0.1) is 0 Å². The molecule has 0 amide bonds. The largest absolute Gasteiger partial charge is 0.508 e. The van der Waals surface area contributed by atoms with Gasteiger partial charge in [-0.15, -0.1) is 10.2 Å². The van der Waals surface area contributed by atoms with Crippen LogP contribution in [-0.2, 0) is 11.2 Å². The lowest BCUT2D eigenvalue weighted by Gasteiger charge is -2.02. The number of nitrogens with zero attached hydrogens (tertiary/aromatic N) is 4. The number of hydrogen-bond donors (Lipinski definition) is 1. The van der Waals surface area contributed by atoms with E-state index in [1.807, 2.05) is 16.6 Å². The molecule has 7 heteroatoms. The number of aromatic nitrogens is 4. The molecule has 1 saturated heterocycles. The molecule has 108 valence electrons. The number of aromatic hydroxyl groups is 1. The van der Waals surface area contributed by atoms with Gasteiger partial charge in [-0.05, 0) is 24.1 Å². The van der Waals surface area contributed by atoms with Gasteiger partial charge in [0, 0.05) is 18.9 Å². The van der Waals surface area contributed by atoms with Gasteiger partial charge in [0.05, 0.1) is 6.61 Å². The number of phenols is 1. The molecule has 3 aromatic rings. The molecule has 0 spiro atoms. The number of benzene rings is 1. The summed E-state index contributed by atoms with van der Waals surface area (Å²) in [5, 5.41) is 23.4. The molecular weight excluding hydrogens is 288 g/mol. The predicted octanol–water partition coefficient (Wildman–Crippen LogP) is 1.99. The van der Waals surface area contributed by atoms with Crippen molar-refractivity contribution in [3.05, 3.63) is 40.7 Å². The summed E-state index contributed by atoms with van der Waals surface area (Å²) in [5.74, 6) is 1.47. The molecule has 3 heterocycles. The van der Waals surface area contributed by atoms with Crippen LogP contribution in [0.5, 0.6) is 5.75 Å². The number of fused-ring (bicyclic) bond motifs is 1. The van der Waals surface area contributed by atoms with E-state index >= 15 is 0 Å². The Balaban J connectivity index is 1.63. The van der Waals surface area contributed by atoms with E-state index in [2.05, 4.69) is 15.3 Å². The first kappa shape index (κ1) is 12.7. The number of hydrogen-bond acceptors (Lipinski definition) is 6. The molecule has 0 saturated carbocycles. The summed E-state index contributed by atoms with van der Waals surface area (Å²) >= 11 is 1.55. The summed E-state index contributed by atoms with van der Waals surface area (Å²) in [6.07, 6.45) is 1.71. The SMILES string of the molecule is Oc1ccc(Cc2nn3c(C4CCOC4)nnc3s2)cc1. The molecule has 1 unspecified atom stereocenters. The van der Waals surface area contributed by atoms with Crippen LogP contribution in [0.3, 0.4) is 0 Å². The molecule has 1 aromatic carbocycles. The van der Waals surface area contributed by atoms with E-state index in [0.717, 1.165) is 40.8 Å². The van der Waals surface area contributed by atoms with Crippen LogP contribution in [0.25, 0.3) is 4.96 Å². The monoisotopic (exact) mass is 302 g/mol. The second kappa shape index (κ2) is 5.09. The molecule has 0 radical (unpaired) electrons. The van der Waals surface area contributed by atoms with Gasteiger partial charge in [-0.3, -0.25) is 0 Å². The van der Waals surface area contributed by atoms with Crippen molar-refractivity contribution >= 4 is 16.3 Å². The van der Waals surface area contributed by atoms with E-state index in [0.29, 0.717) is 12.5 Å². The molecule has 1 atom stereocenters. The van der Waals surface area contributed by atoms with Gasteiger partial charge in [0.25, 0.3) is 0 Å². The highest BCUT2D eigenvalue weighted by atomic mass is 32.1. The van der Waals surface area contributed by atoms with Crippen LogP contribution in [0.2, 0.25) is 0 Å². The van der Waals surface area contributed by atoms with Gasteiger partial charge < -0.3 is 9.84 Å². The Kier molecular flexibility index (Phi) is 3.08. The third-order valence-electron chi connectivity index (χ3n) is 3.64. The molecule has 1 N–H and O–H groups in total. The highest BCUT2D eigenvalue weighted by Gasteiger charge is 2.24. The summed E-state index contributed by atoms with van der Waals surface area (Å²) in [6, 6.07) is 7.20. The summed E-state index contributed by atoms with van der Waals surface area (Å²) in [7, 11) is 0. The maximum Gasteiger partial charge on any atom is 0.234 e. The van der Waals surface area contributed by atoms with E-state index in [1.165, 1.54) is 0 Å². The summed E-state index contributed by atoms with van der Waals surface area (Å²) in [6.45, 7) is 1.48. The van der Waals surface area contributed by atoms with Crippen molar-refractivity contribution in [2.24, 2.45) is 0 Å². The van der Waals surface area contributed by atoms with Crippen LogP contribution in [0.15, 0.2) is 24.3 Å². The Morgan fingerprint density at radius 2 is 2.14 bits per heavy atom. The molecule has 21 heavy (non-hydrogen) atoms. The van der Waals surface area contributed by atoms with E-state index in [1.54, 1.807) is 23.5 Å². The topological polar surface area (TPSA) is 72.5 Å². The van der Waals surface area contributed by atoms with E-state index in [-0.39, 0.29) is 5.75 Å². The number of phenolic OH excluding ortho intramolecular Hbond substituents is 1. The molecular formula is C14H14N4O2S. The first-order valence-corrected chi connectivity index (χ1v) is 7.68. The van der Waals surface area contributed by atoms with Crippen LogP contribution >= 0.6 is 11.3 Å².